The van der Waals surface area contributed by atoms with E-state index in [2.05, 4.69) is 50.4 Å². The van der Waals surface area contributed by atoms with E-state index in [1.807, 2.05) is 84.9 Å². The monoisotopic (exact) mass is 628 g/mol. The molecule has 0 aliphatic heterocycles. The standard InChI is InChI=1S/C24H22O3.C16H14O3.CH4/c1-3-23(26)27-16-20-6-4-5-7-22(20)24(18-10-8-17(2)9-11-18)19-12-14-21(25)15-13-19;1-2-16(17)18-12-13-8-6-7-11-15(13)19-14-9-4-3-5-10-14;/h3-15,24-25H,1,16H2,2H3;2-11H,1,12H2;1H4. The number of esters is 2. The van der Waals surface area contributed by atoms with Crippen molar-refractivity contribution in [1.82, 2.24) is 0 Å². The minimum absolute atomic E-state index is 0. The predicted molar refractivity (Wildman–Crippen MR) is 186 cm³/mol. The second kappa shape index (κ2) is 18.2. The minimum atomic E-state index is -0.450. The molecule has 5 aromatic rings. The highest BCUT2D eigenvalue weighted by Crippen LogP contribution is 2.35. The van der Waals surface area contributed by atoms with Crippen LogP contribution in [0, 0.1) is 6.92 Å². The fourth-order valence-electron chi connectivity index (χ4n) is 4.68. The first-order valence-electron chi connectivity index (χ1n) is 14.7. The van der Waals surface area contributed by atoms with Gasteiger partial charge in [-0.25, -0.2) is 9.59 Å². The van der Waals surface area contributed by atoms with Gasteiger partial charge in [0, 0.05) is 23.6 Å². The van der Waals surface area contributed by atoms with Gasteiger partial charge in [-0.2, -0.15) is 0 Å². The highest BCUT2D eigenvalue weighted by Gasteiger charge is 2.20. The van der Waals surface area contributed by atoms with E-state index >= 15 is 0 Å². The smallest absolute Gasteiger partial charge is 0.330 e. The van der Waals surface area contributed by atoms with Crippen LogP contribution >= 0.6 is 0 Å². The molecule has 0 amide bonds. The number of phenols is 1. The Bertz CT molecular complexity index is 1700. The molecule has 0 saturated heterocycles. The molecule has 0 aromatic heterocycles. The number of aromatic hydroxyl groups is 1. The molecule has 0 aliphatic carbocycles. The van der Waals surface area contributed by atoms with Crippen LogP contribution in [0.15, 0.2) is 153 Å². The summed E-state index contributed by atoms with van der Waals surface area (Å²) in [5.74, 6) is 0.714. The largest absolute Gasteiger partial charge is 0.508 e. The van der Waals surface area contributed by atoms with E-state index < -0.39 is 11.9 Å². The first kappa shape index (κ1) is 35.6. The fraction of sp³-hybridized carbons (Fsp3) is 0.122. The zero-order chi connectivity index (χ0) is 32.7. The lowest BCUT2D eigenvalue weighted by molar-refractivity contribution is -0.139. The molecule has 6 nitrogen and oxygen atoms in total. The summed E-state index contributed by atoms with van der Waals surface area (Å²) < 4.78 is 16.1. The maximum atomic E-state index is 11.5. The summed E-state index contributed by atoms with van der Waals surface area (Å²) in [6.45, 7) is 9.20. The maximum Gasteiger partial charge on any atom is 0.330 e. The van der Waals surface area contributed by atoms with Crippen molar-refractivity contribution in [3.8, 4) is 17.2 Å². The first-order valence-corrected chi connectivity index (χ1v) is 14.7. The summed E-state index contributed by atoms with van der Waals surface area (Å²) in [6.07, 6.45) is 2.31. The Balaban J connectivity index is 0.000000265. The number of rotatable bonds is 11. The van der Waals surface area contributed by atoms with Gasteiger partial charge in [0.25, 0.3) is 0 Å². The van der Waals surface area contributed by atoms with Crippen LogP contribution in [0.4, 0.5) is 0 Å². The van der Waals surface area contributed by atoms with Crippen LogP contribution in [-0.2, 0) is 32.3 Å². The van der Waals surface area contributed by atoms with Gasteiger partial charge in [0.1, 0.15) is 30.5 Å². The number of hydrogen-bond acceptors (Lipinski definition) is 6. The summed E-state index contributed by atoms with van der Waals surface area (Å²) in [5.41, 5.74) is 6.18. The summed E-state index contributed by atoms with van der Waals surface area (Å²) in [7, 11) is 0. The van der Waals surface area contributed by atoms with Crippen LogP contribution in [0.2, 0.25) is 0 Å². The summed E-state index contributed by atoms with van der Waals surface area (Å²) >= 11 is 0. The SMILES string of the molecule is C.C=CC(=O)OCc1ccccc1C(c1ccc(C)cc1)c1ccc(O)cc1.C=CC(=O)OCc1ccccc1Oc1ccccc1. The van der Waals surface area contributed by atoms with Crippen molar-refractivity contribution in [1.29, 1.82) is 0 Å². The van der Waals surface area contributed by atoms with Crippen LogP contribution in [0.5, 0.6) is 17.2 Å². The lowest BCUT2D eigenvalue weighted by Gasteiger charge is -2.22. The molecular formula is C41H40O6. The van der Waals surface area contributed by atoms with Gasteiger partial charge in [0.15, 0.2) is 0 Å². The van der Waals surface area contributed by atoms with Crippen LogP contribution in [0.1, 0.15) is 46.7 Å². The van der Waals surface area contributed by atoms with Gasteiger partial charge in [0.05, 0.1) is 0 Å². The quantitative estimate of drug-likeness (QED) is 0.0892. The number of ether oxygens (including phenoxy) is 3. The third-order valence-corrected chi connectivity index (χ3v) is 7.02. The number of aryl methyl sites for hydroxylation is 1. The molecule has 0 heterocycles. The van der Waals surface area contributed by atoms with E-state index in [0.717, 1.165) is 39.6 Å². The normalized spacial score (nSPS) is 10.6. The van der Waals surface area contributed by atoms with Crippen molar-refractivity contribution in [2.75, 3.05) is 0 Å². The molecule has 0 fully saturated rings. The molecule has 0 saturated carbocycles. The van der Waals surface area contributed by atoms with Crippen molar-refractivity contribution in [3.05, 3.63) is 186 Å². The molecule has 47 heavy (non-hydrogen) atoms. The highest BCUT2D eigenvalue weighted by atomic mass is 16.5. The fourth-order valence-corrected chi connectivity index (χ4v) is 4.68. The number of carbonyl (C=O) groups is 2. The number of para-hydroxylation sites is 2. The molecule has 0 spiro atoms. The molecule has 5 rings (SSSR count). The maximum absolute atomic E-state index is 11.5. The summed E-state index contributed by atoms with van der Waals surface area (Å²) in [6, 6.07) is 40.4. The minimum Gasteiger partial charge on any atom is -0.508 e. The topological polar surface area (TPSA) is 82.1 Å². The van der Waals surface area contributed by atoms with Gasteiger partial charge in [-0.3, -0.25) is 0 Å². The van der Waals surface area contributed by atoms with Crippen LogP contribution in [-0.4, -0.2) is 17.0 Å². The van der Waals surface area contributed by atoms with E-state index in [9.17, 15) is 14.7 Å². The average molecular weight is 629 g/mol. The Morgan fingerprint density at radius 1 is 0.660 bits per heavy atom. The molecule has 0 bridgehead atoms. The van der Waals surface area contributed by atoms with Crippen molar-refractivity contribution in [3.63, 3.8) is 0 Å². The molecule has 240 valence electrons. The van der Waals surface area contributed by atoms with Crippen molar-refractivity contribution in [2.45, 2.75) is 33.5 Å². The molecule has 5 aromatic carbocycles. The Morgan fingerprint density at radius 3 is 1.74 bits per heavy atom. The second-order valence-corrected chi connectivity index (χ2v) is 10.3. The van der Waals surface area contributed by atoms with Crippen molar-refractivity contribution >= 4 is 11.9 Å². The van der Waals surface area contributed by atoms with Gasteiger partial charge >= 0.3 is 11.9 Å². The third kappa shape index (κ3) is 10.6. The molecular weight excluding hydrogens is 588 g/mol. The van der Waals surface area contributed by atoms with Crippen molar-refractivity contribution in [2.24, 2.45) is 0 Å². The Labute approximate surface area is 277 Å². The van der Waals surface area contributed by atoms with Crippen LogP contribution in [0.25, 0.3) is 0 Å². The predicted octanol–water partition coefficient (Wildman–Crippen LogP) is 9.45. The van der Waals surface area contributed by atoms with E-state index in [1.54, 1.807) is 12.1 Å². The molecule has 1 N–H and O–H groups in total. The molecule has 1 atom stereocenters. The molecule has 6 heteroatoms. The molecule has 1 unspecified atom stereocenters. The first-order chi connectivity index (χ1) is 22.4. The number of phenolic OH excluding ortho intramolecular Hbond substituents is 1. The lowest BCUT2D eigenvalue weighted by atomic mass is 9.82. The van der Waals surface area contributed by atoms with Gasteiger partial charge in [-0.15, -0.1) is 0 Å². The Kier molecular flexibility index (Phi) is 13.8. The summed E-state index contributed by atoms with van der Waals surface area (Å²) in [4.78, 5) is 22.6. The van der Waals surface area contributed by atoms with E-state index in [-0.39, 0.29) is 32.3 Å². The zero-order valence-electron chi connectivity index (χ0n) is 25.7. The van der Waals surface area contributed by atoms with Gasteiger partial charge in [-0.1, -0.05) is 123 Å². The van der Waals surface area contributed by atoms with Gasteiger partial charge in [-0.05, 0) is 59.5 Å². The highest BCUT2D eigenvalue weighted by molar-refractivity contribution is 5.81. The zero-order valence-corrected chi connectivity index (χ0v) is 25.7. The van der Waals surface area contributed by atoms with E-state index in [4.69, 9.17) is 14.2 Å². The number of benzene rings is 5. The molecule has 0 aliphatic rings. The Morgan fingerprint density at radius 2 is 1.15 bits per heavy atom. The van der Waals surface area contributed by atoms with Crippen LogP contribution in [0.3, 0.4) is 0 Å². The average Bonchev–Trinajstić information content (AvgIpc) is 3.09. The van der Waals surface area contributed by atoms with E-state index in [0.29, 0.717) is 5.75 Å². The van der Waals surface area contributed by atoms with Gasteiger partial charge < -0.3 is 19.3 Å². The lowest BCUT2D eigenvalue weighted by Crippen LogP contribution is -2.09. The second-order valence-electron chi connectivity index (χ2n) is 10.3. The number of carbonyl (C=O) groups excluding carboxylic acids is 2. The third-order valence-electron chi connectivity index (χ3n) is 7.02. The van der Waals surface area contributed by atoms with Crippen molar-refractivity contribution < 1.29 is 28.9 Å². The van der Waals surface area contributed by atoms with Crippen LogP contribution < -0.4 is 4.74 Å². The Hall–Kier alpha value is -5.88. The van der Waals surface area contributed by atoms with Gasteiger partial charge in [0.2, 0.25) is 0 Å². The molecule has 0 radical (unpaired) electrons. The summed E-state index contributed by atoms with van der Waals surface area (Å²) in [5, 5.41) is 9.68. The van der Waals surface area contributed by atoms with E-state index in [1.165, 1.54) is 11.6 Å². The number of hydrogen-bond donors (Lipinski definition) is 1.